The van der Waals surface area contributed by atoms with Crippen LogP contribution in [0, 0.1) is 0 Å². The zero-order valence-corrected chi connectivity index (χ0v) is 41.9. The van der Waals surface area contributed by atoms with E-state index in [1.165, 1.54) is 61.2 Å². The molecule has 3 nitrogen and oxygen atoms in total. The van der Waals surface area contributed by atoms with Crippen molar-refractivity contribution < 1.29 is 9.47 Å². The van der Waals surface area contributed by atoms with E-state index in [2.05, 4.69) is 290 Å². The van der Waals surface area contributed by atoms with Gasteiger partial charge in [-0.1, -0.05) is 224 Å². The minimum atomic E-state index is -0.633. The van der Waals surface area contributed by atoms with Crippen molar-refractivity contribution in [3.63, 3.8) is 0 Å². The van der Waals surface area contributed by atoms with Gasteiger partial charge in [-0.25, -0.2) is 0 Å². The third-order valence-corrected chi connectivity index (χ3v) is 16.8. The van der Waals surface area contributed by atoms with Crippen LogP contribution in [0.1, 0.15) is 44.5 Å². The van der Waals surface area contributed by atoms with Crippen LogP contribution in [0.25, 0.3) is 55.6 Å². The van der Waals surface area contributed by atoms with Crippen molar-refractivity contribution in [2.24, 2.45) is 0 Å². The Kier molecular flexibility index (Phi) is 9.47. The van der Waals surface area contributed by atoms with Gasteiger partial charge in [0.25, 0.3) is 0 Å². The molecule has 2 aliphatic carbocycles. The fourth-order valence-electron chi connectivity index (χ4n) is 13.7. The van der Waals surface area contributed by atoms with E-state index in [0.29, 0.717) is 0 Å². The van der Waals surface area contributed by atoms with Crippen LogP contribution in [-0.2, 0) is 10.8 Å². The van der Waals surface area contributed by atoms with Gasteiger partial charge in [0.2, 0.25) is 0 Å². The summed E-state index contributed by atoms with van der Waals surface area (Å²) in [6.45, 7) is 0. The van der Waals surface area contributed by atoms with E-state index in [-0.39, 0.29) is 0 Å². The first kappa shape index (κ1) is 43.4. The van der Waals surface area contributed by atoms with Crippen LogP contribution in [0.4, 0.5) is 17.1 Å². The van der Waals surface area contributed by atoms with Crippen LogP contribution >= 0.6 is 0 Å². The lowest BCUT2D eigenvalue weighted by Crippen LogP contribution is -2.32. The zero-order valence-electron chi connectivity index (χ0n) is 41.9. The average Bonchev–Trinajstić information content (AvgIpc) is 4.19. The molecule has 3 heteroatoms. The van der Waals surface area contributed by atoms with E-state index in [9.17, 15) is 0 Å². The maximum atomic E-state index is 6.77. The molecule has 77 heavy (non-hydrogen) atoms. The number of hydrogen-bond acceptors (Lipinski definition) is 3. The molecule has 0 unspecified atom stereocenters. The van der Waals surface area contributed by atoms with E-state index in [4.69, 9.17) is 9.47 Å². The van der Waals surface area contributed by atoms with Crippen LogP contribution in [-0.4, -0.2) is 0 Å². The Morgan fingerprint density at radius 2 is 0.636 bits per heavy atom. The van der Waals surface area contributed by atoms with Crippen molar-refractivity contribution in [1.29, 1.82) is 0 Å². The molecule has 16 rings (SSSR count). The number of fused-ring (bicyclic) bond motifs is 18. The van der Waals surface area contributed by atoms with Crippen molar-refractivity contribution in [2.45, 2.75) is 10.8 Å². The van der Waals surface area contributed by atoms with Gasteiger partial charge in [-0.3, -0.25) is 0 Å². The van der Waals surface area contributed by atoms with Gasteiger partial charge in [-0.15, -0.1) is 0 Å². The molecule has 0 radical (unpaired) electrons. The van der Waals surface area contributed by atoms with Gasteiger partial charge in [-0.2, -0.15) is 0 Å². The van der Waals surface area contributed by atoms with Crippen LogP contribution < -0.4 is 14.4 Å². The number of ether oxygens (including phenoxy) is 2. The first-order valence-electron chi connectivity index (χ1n) is 26.6. The smallest absolute Gasteiger partial charge is 0.132 e. The summed E-state index contributed by atoms with van der Waals surface area (Å²) in [4.78, 5) is 2.52. The predicted molar refractivity (Wildman–Crippen MR) is 312 cm³/mol. The highest BCUT2D eigenvalue weighted by molar-refractivity contribution is 6.01. The Labute approximate surface area is 448 Å². The summed E-state index contributed by atoms with van der Waals surface area (Å²) in [5, 5.41) is 0. The molecule has 2 spiro atoms. The molecule has 0 aromatic heterocycles. The van der Waals surface area contributed by atoms with E-state index >= 15 is 0 Å². The van der Waals surface area contributed by atoms with E-state index < -0.39 is 10.8 Å². The molecule has 0 saturated heterocycles. The average molecular weight is 982 g/mol. The fourth-order valence-corrected chi connectivity index (χ4v) is 13.7. The maximum absolute atomic E-state index is 6.77. The van der Waals surface area contributed by atoms with Crippen LogP contribution in [0.2, 0.25) is 0 Å². The summed E-state index contributed by atoms with van der Waals surface area (Å²) in [7, 11) is 0. The highest BCUT2D eigenvalue weighted by Gasteiger charge is 2.53. The summed E-state index contributed by atoms with van der Waals surface area (Å²) >= 11 is 0. The number of rotatable bonds is 6. The van der Waals surface area contributed by atoms with Crippen molar-refractivity contribution in [3.8, 4) is 78.6 Å². The van der Waals surface area contributed by atoms with Crippen molar-refractivity contribution in [2.75, 3.05) is 4.90 Å². The van der Waals surface area contributed by atoms with Gasteiger partial charge in [0, 0.05) is 39.1 Å². The summed E-state index contributed by atoms with van der Waals surface area (Å²) in [6.07, 6.45) is 0. The Morgan fingerprint density at radius 3 is 1.25 bits per heavy atom. The number of para-hydroxylation sites is 5. The van der Waals surface area contributed by atoms with Gasteiger partial charge in [-0.05, 0) is 127 Å². The van der Waals surface area contributed by atoms with Crippen LogP contribution in [0.5, 0.6) is 23.0 Å². The lowest BCUT2D eigenvalue weighted by atomic mass is 9.66. The van der Waals surface area contributed by atoms with Gasteiger partial charge in [0.1, 0.15) is 23.0 Å². The number of anilines is 3. The molecule has 0 bridgehead atoms. The Hall–Kier alpha value is -9.96. The number of hydrogen-bond donors (Lipinski definition) is 0. The molecule has 2 heterocycles. The molecule has 0 atom stereocenters. The van der Waals surface area contributed by atoms with E-state index in [1.54, 1.807) is 0 Å². The first-order valence-corrected chi connectivity index (χ1v) is 26.6. The quantitative estimate of drug-likeness (QED) is 0.166. The zero-order chi connectivity index (χ0) is 50.7. The van der Waals surface area contributed by atoms with Gasteiger partial charge < -0.3 is 14.4 Å². The third-order valence-electron chi connectivity index (χ3n) is 16.8. The molecular formula is C74H47NO2. The van der Waals surface area contributed by atoms with Crippen molar-refractivity contribution in [3.05, 3.63) is 330 Å². The molecule has 360 valence electrons. The SMILES string of the molecule is c1ccc(-c2cccc(-c3ccc(N(c4ccccc4-c4ccc5c(c4)C4(c6ccccc6Oc6ccccc64)c4ccccc4-5)c4cccc5c4-c4ccccc4C54c5ccccc5Oc5ccccc54)cc3)c2)cc1. The molecule has 12 aromatic carbocycles. The second kappa shape index (κ2) is 16.8. The summed E-state index contributed by atoms with van der Waals surface area (Å²) in [5.41, 5.74) is 23.4. The van der Waals surface area contributed by atoms with E-state index in [1.807, 2.05) is 0 Å². The van der Waals surface area contributed by atoms with Crippen molar-refractivity contribution >= 4 is 17.1 Å². The lowest BCUT2D eigenvalue weighted by Gasteiger charge is -2.39. The van der Waals surface area contributed by atoms with E-state index in [0.717, 1.165) is 79.0 Å². The summed E-state index contributed by atoms with van der Waals surface area (Å²) in [5.74, 6) is 3.51. The topological polar surface area (TPSA) is 21.7 Å². The summed E-state index contributed by atoms with van der Waals surface area (Å²) in [6, 6.07) is 104. The number of benzene rings is 12. The largest absolute Gasteiger partial charge is 0.457 e. The predicted octanol–water partition coefficient (Wildman–Crippen LogP) is 19.1. The first-order chi connectivity index (χ1) is 38.2. The molecule has 12 aromatic rings. The highest BCUT2D eigenvalue weighted by atomic mass is 16.5. The minimum absolute atomic E-state index is 0.607. The number of nitrogens with zero attached hydrogens (tertiary/aromatic N) is 1. The van der Waals surface area contributed by atoms with Gasteiger partial charge >= 0.3 is 0 Å². The monoisotopic (exact) mass is 981 g/mol. The normalized spacial score (nSPS) is 13.9. The molecule has 0 fully saturated rings. The van der Waals surface area contributed by atoms with Gasteiger partial charge in [0.05, 0.1) is 22.2 Å². The fraction of sp³-hybridized carbons (Fsp3) is 0.0270. The molecule has 0 amide bonds. The third kappa shape index (κ3) is 6.14. The highest BCUT2D eigenvalue weighted by Crippen LogP contribution is 2.66. The molecule has 2 aliphatic heterocycles. The molecule has 4 aliphatic rings. The second-order valence-corrected chi connectivity index (χ2v) is 20.6. The minimum Gasteiger partial charge on any atom is -0.457 e. The Balaban J connectivity index is 0.939. The molecular weight excluding hydrogens is 935 g/mol. The van der Waals surface area contributed by atoms with Crippen molar-refractivity contribution in [1.82, 2.24) is 0 Å². The molecule has 0 N–H and O–H groups in total. The Morgan fingerprint density at radius 1 is 0.234 bits per heavy atom. The van der Waals surface area contributed by atoms with Gasteiger partial charge in [0.15, 0.2) is 0 Å². The van der Waals surface area contributed by atoms with Crippen LogP contribution in [0.3, 0.4) is 0 Å². The Bertz CT molecular complexity index is 4270. The van der Waals surface area contributed by atoms with Crippen LogP contribution in [0.15, 0.2) is 285 Å². The second-order valence-electron chi connectivity index (χ2n) is 20.6. The molecule has 0 saturated carbocycles. The lowest BCUT2D eigenvalue weighted by molar-refractivity contribution is 0.436. The standard InChI is InChI=1S/C74H47NO2/c1-2-20-48(21-3-1)50-22-18-23-51(46-50)49-40-43-53(44-41-49)75(67-35-19-33-64-72(67)57-26-5-8-28-59(57)73(64)60-29-9-14-36-68(60)76-69-37-15-10-30-61(69)73)66-34-13-6-24-54(66)52-42-45-56-55-25-4-7-27-58(55)74(65(56)47-52)62-31-11-16-38-70(62)77-71-39-17-12-32-63(71)74/h1-47H. The summed E-state index contributed by atoms with van der Waals surface area (Å²) < 4.78 is 13.5. The maximum Gasteiger partial charge on any atom is 0.132 e.